The van der Waals surface area contributed by atoms with E-state index in [2.05, 4.69) is 30.6 Å². The third-order valence-electron chi connectivity index (χ3n) is 5.47. The lowest BCUT2D eigenvalue weighted by Gasteiger charge is -2.40. The van der Waals surface area contributed by atoms with Crippen molar-refractivity contribution in [3.63, 3.8) is 0 Å². The monoisotopic (exact) mass is 325 g/mol. The number of β-amino-alcohol motifs (C(OH)–C–C–N with tert-alkyl or cyclic N) is 1. The van der Waals surface area contributed by atoms with Crippen LogP contribution < -0.4 is 0 Å². The lowest BCUT2D eigenvalue weighted by atomic mass is 9.89. The molecule has 2 aliphatic rings. The van der Waals surface area contributed by atoms with E-state index in [1.54, 1.807) is 6.92 Å². The van der Waals surface area contributed by atoms with E-state index < -0.39 is 0 Å². The maximum absolute atomic E-state index is 11.4. The Kier molecular flexibility index (Phi) is 6.46. The van der Waals surface area contributed by atoms with Gasteiger partial charge in [-0.1, -0.05) is 20.8 Å². The minimum atomic E-state index is -0.259. The number of carbonyl (C=O) groups excluding carboxylic acids is 1. The number of aliphatic hydroxyl groups excluding tert-OH is 1. The number of carbonyl (C=O) groups is 1. The quantitative estimate of drug-likeness (QED) is 0.846. The number of aliphatic hydroxyl groups is 1. The first-order valence-electron chi connectivity index (χ1n) is 9.14. The van der Waals surface area contributed by atoms with Crippen LogP contribution >= 0.6 is 0 Å². The Morgan fingerprint density at radius 2 is 1.57 bits per heavy atom. The molecule has 5 nitrogen and oxygen atoms in total. The van der Waals surface area contributed by atoms with Gasteiger partial charge in [-0.25, -0.2) is 0 Å². The van der Waals surface area contributed by atoms with Gasteiger partial charge >= 0.3 is 0 Å². The van der Waals surface area contributed by atoms with Crippen LogP contribution in [0.25, 0.3) is 0 Å². The smallest absolute Gasteiger partial charge is 0.219 e. The number of amides is 1. The number of likely N-dealkylation sites (tertiary alicyclic amines) is 1. The topological polar surface area (TPSA) is 47.0 Å². The van der Waals surface area contributed by atoms with Crippen LogP contribution in [0.2, 0.25) is 0 Å². The lowest BCUT2D eigenvalue weighted by molar-refractivity contribution is -0.130. The van der Waals surface area contributed by atoms with Gasteiger partial charge < -0.3 is 14.9 Å². The van der Waals surface area contributed by atoms with Crippen LogP contribution in [-0.4, -0.2) is 84.2 Å². The summed E-state index contributed by atoms with van der Waals surface area (Å²) in [5.41, 5.74) is -0.0399. The summed E-state index contributed by atoms with van der Waals surface area (Å²) in [4.78, 5) is 18.3. The molecule has 1 N–H and O–H groups in total. The Morgan fingerprint density at radius 1 is 1.04 bits per heavy atom. The molecule has 0 aromatic heterocycles. The largest absolute Gasteiger partial charge is 0.391 e. The highest BCUT2D eigenvalue weighted by Crippen LogP contribution is 2.22. The summed E-state index contributed by atoms with van der Waals surface area (Å²) in [6.07, 6.45) is 2.02. The van der Waals surface area contributed by atoms with Gasteiger partial charge in [0.25, 0.3) is 0 Å². The molecule has 2 rings (SSSR count). The van der Waals surface area contributed by atoms with Crippen LogP contribution in [0.1, 0.15) is 40.5 Å². The molecule has 0 aromatic rings. The second-order valence-corrected chi connectivity index (χ2v) is 8.43. The van der Waals surface area contributed by atoms with Gasteiger partial charge in [-0.2, -0.15) is 0 Å². The van der Waals surface area contributed by atoms with Gasteiger partial charge in [-0.05, 0) is 24.2 Å². The number of nitrogens with zero attached hydrogens (tertiary/aromatic N) is 3. The maximum Gasteiger partial charge on any atom is 0.219 e. The fraction of sp³-hybridized carbons (Fsp3) is 0.944. The number of rotatable bonds is 4. The van der Waals surface area contributed by atoms with E-state index in [1.165, 1.54) is 6.54 Å². The van der Waals surface area contributed by atoms with Crippen molar-refractivity contribution in [3.05, 3.63) is 0 Å². The Bertz CT molecular complexity index is 378. The standard InChI is InChI=1S/C18H35N3O2/c1-15(22)21-7-5-16(6-8-21)13-19-9-11-20(12-10-19)14-17(23)18(2,3)4/h16-17,23H,5-14H2,1-4H3/t17-/m0/s1. The first-order chi connectivity index (χ1) is 10.8. The summed E-state index contributed by atoms with van der Waals surface area (Å²) in [7, 11) is 0. The maximum atomic E-state index is 11.4. The van der Waals surface area contributed by atoms with Crippen LogP contribution in [0.5, 0.6) is 0 Å². The highest BCUT2D eigenvalue weighted by molar-refractivity contribution is 5.73. The minimum absolute atomic E-state index is 0.0399. The van der Waals surface area contributed by atoms with E-state index in [1.807, 2.05) is 4.90 Å². The Balaban J connectivity index is 1.66. The van der Waals surface area contributed by atoms with E-state index in [4.69, 9.17) is 0 Å². The fourth-order valence-corrected chi connectivity index (χ4v) is 3.47. The van der Waals surface area contributed by atoms with Crippen LogP contribution in [0.3, 0.4) is 0 Å². The third kappa shape index (κ3) is 5.73. The van der Waals surface area contributed by atoms with Gasteiger partial charge in [0.05, 0.1) is 6.10 Å². The number of piperazine rings is 1. The van der Waals surface area contributed by atoms with Crippen LogP contribution in [-0.2, 0) is 4.79 Å². The average molecular weight is 325 g/mol. The Hall–Kier alpha value is -0.650. The molecule has 1 amide bonds. The van der Waals surface area contributed by atoms with Gasteiger partial charge in [0.15, 0.2) is 0 Å². The SMILES string of the molecule is CC(=O)N1CCC(CN2CCN(C[C@H](O)C(C)(C)C)CC2)CC1. The predicted molar refractivity (Wildman–Crippen MR) is 93.3 cm³/mol. The molecule has 2 heterocycles. The highest BCUT2D eigenvalue weighted by atomic mass is 16.3. The van der Waals surface area contributed by atoms with E-state index in [-0.39, 0.29) is 17.4 Å². The normalized spacial score (nSPS) is 24.0. The molecule has 2 fully saturated rings. The van der Waals surface area contributed by atoms with Crippen molar-refractivity contribution in [3.8, 4) is 0 Å². The van der Waals surface area contributed by atoms with Gasteiger partial charge in [0, 0.05) is 59.3 Å². The van der Waals surface area contributed by atoms with E-state index in [0.29, 0.717) is 0 Å². The molecule has 0 aromatic carbocycles. The molecule has 0 spiro atoms. The zero-order valence-electron chi connectivity index (χ0n) is 15.4. The Labute approximate surface area is 141 Å². The number of hydrogen-bond donors (Lipinski definition) is 1. The summed E-state index contributed by atoms with van der Waals surface area (Å²) in [6.45, 7) is 16.1. The predicted octanol–water partition coefficient (Wildman–Crippen LogP) is 1.27. The van der Waals surface area contributed by atoms with E-state index in [0.717, 1.165) is 64.6 Å². The first-order valence-corrected chi connectivity index (χ1v) is 9.14. The zero-order valence-corrected chi connectivity index (χ0v) is 15.4. The molecule has 0 radical (unpaired) electrons. The second-order valence-electron chi connectivity index (χ2n) is 8.43. The van der Waals surface area contributed by atoms with Gasteiger partial charge in [-0.15, -0.1) is 0 Å². The lowest BCUT2D eigenvalue weighted by Crippen LogP contribution is -2.51. The van der Waals surface area contributed by atoms with Crippen LogP contribution in [0, 0.1) is 11.3 Å². The van der Waals surface area contributed by atoms with Crippen molar-refractivity contribution in [2.75, 3.05) is 52.4 Å². The van der Waals surface area contributed by atoms with Crippen molar-refractivity contribution in [2.45, 2.75) is 46.6 Å². The number of hydrogen-bond acceptors (Lipinski definition) is 4. The van der Waals surface area contributed by atoms with E-state index in [9.17, 15) is 9.90 Å². The van der Waals surface area contributed by atoms with Crippen molar-refractivity contribution < 1.29 is 9.90 Å². The van der Waals surface area contributed by atoms with Gasteiger partial charge in [0.1, 0.15) is 0 Å². The van der Waals surface area contributed by atoms with Crippen LogP contribution in [0.15, 0.2) is 0 Å². The summed E-state index contributed by atoms with van der Waals surface area (Å²) in [6, 6.07) is 0. The molecule has 0 bridgehead atoms. The average Bonchev–Trinajstić information content (AvgIpc) is 2.49. The summed E-state index contributed by atoms with van der Waals surface area (Å²) in [5.74, 6) is 0.951. The summed E-state index contributed by atoms with van der Waals surface area (Å²) in [5, 5.41) is 10.2. The zero-order chi connectivity index (χ0) is 17.0. The third-order valence-corrected chi connectivity index (χ3v) is 5.47. The van der Waals surface area contributed by atoms with Crippen molar-refractivity contribution in [1.82, 2.24) is 14.7 Å². The summed E-state index contributed by atoms with van der Waals surface area (Å²) < 4.78 is 0. The van der Waals surface area contributed by atoms with Crippen LogP contribution in [0.4, 0.5) is 0 Å². The molecule has 23 heavy (non-hydrogen) atoms. The van der Waals surface area contributed by atoms with Crippen molar-refractivity contribution in [1.29, 1.82) is 0 Å². The molecule has 2 aliphatic heterocycles. The molecule has 5 heteroatoms. The fourth-order valence-electron chi connectivity index (χ4n) is 3.47. The number of piperidine rings is 1. The minimum Gasteiger partial charge on any atom is -0.391 e. The Morgan fingerprint density at radius 3 is 2.04 bits per heavy atom. The van der Waals surface area contributed by atoms with Gasteiger partial charge in [0.2, 0.25) is 5.91 Å². The van der Waals surface area contributed by atoms with E-state index >= 15 is 0 Å². The molecular weight excluding hydrogens is 290 g/mol. The van der Waals surface area contributed by atoms with Crippen molar-refractivity contribution in [2.24, 2.45) is 11.3 Å². The molecule has 0 saturated carbocycles. The molecule has 2 saturated heterocycles. The first kappa shape index (κ1) is 18.7. The molecule has 1 atom stereocenters. The van der Waals surface area contributed by atoms with Gasteiger partial charge in [-0.3, -0.25) is 9.69 Å². The molecule has 0 unspecified atom stereocenters. The molecular formula is C18H35N3O2. The van der Waals surface area contributed by atoms with Crippen molar-refractivity contribution >= 4 is 5.91 Å². The second kappa shape index (κ2) is 7.95. The molecule has 0 aliphatic carbocycles. The molecule has 134 valence electrons. The summed E-state index contributed by atoms with van der Waals surface area (Å²) >= 11 is 0. The highest BCUT2D eigenvalue weighted by Gasteiger charge is 2.28.